The minimum absolute atomic E-state index is 0.152. The van der Waals surface area contributed by atoms with Gasteiger partial charge in [0.2, 0.25) is 5.28 Å². The van der Waals surface area contributed by atoms with Crippen LogP contribution in [0, 0.1) is 13.8 Å². The molecule has 0 aliphatic carbocycles. The van der Waals surface area contributed by atoms with Crippen LogP contribution in [-0.2, 0) is 0 Å². The molecule has 0 bridgehead atoms. The Kier molecular flexibility index (Phi) is 5.20. The Balaban J connectivity index is 2.24. The van der Waals surface area contributed by atoms with Crippen molar-refractivity contribution < 1.29 is 4.74 Å². The number of rotatable bonds is 5. The summed E-state index contributed by atoms with van der Waals surface area (Å²) in [6.07, 6.45) is 0.892. The molecule has 2 rings (SSSR count). The highest BCUT2D eigenvalue weighted by molar-refractivity contribution is 7.99. The summed E-state index contributed by atoms with van der Waals surface area (Å²) in [4.78, 5) is 13.5. The predicted octanol–water partition coefficient (Wildman–Crippen LogP) is 4.08. The highest BCUT2D eigenvalue weighted by Gasteiger charge is 2.09. The minimum Gasteiger partial charge on any atom is -0.463 e. The average molecular weight is 310 g/mol. The van der Waals surface area contributed by atoms with Crippen molar-refractivity contribution >= 4 is 23.4 Å². The Hall–Kier alpha value is -1.33. The van der Waals surface area contributed by atoms with Crippen LogP contribution in [0.5, 0.6) is 6.01 Å². The van der Waals surface area contributed by atoms with Crippen molar-refractivity contribution in [1.29, 1.82) is 0 Å². The zero-order valence-electron chi connectivity index (χ0n) is 11.7. The van der Waals surface area contributed by atoms with Gasteiger partial charge < -0.3 is 4.74 Å². The summed E-state index contributed by atoms with van der Waals surface area (Å²) in [6, 6.07) is 6.54. The molecule has 1 aromatic carbocycles. The van der Waals surface area contributed by atoms with E-state index >= 15 is 0 Å². The van der Waals surface area contributed by atoms with Crippen LogP contribution >= 0.6 is 23.4 Å². The highest BCUT2D eigenvalue weighted by Crippen LogP contribution is 2.29. The number of hydrogen-bond donors (Lipinski definition) is 0. The molecule has 4 nitrogen and oxygen atoms in total. The molecule has 0 atom stereocenters. The van der Waals surface area contributed by atoms with Crippen molar-refractivity contribution in [3.05, 3.63) is 34.6 Å². The third-order valence-electron chi connectivity index (χ3n) is 2.55. The highest BCUT2D eigenvalue weighted by atomic mass is 35.5. The van der Waals surface area contributed by atoms with Gasteiger partial charge in [0.05, 0.1) is 6.61 Å². The molecule has 106 valence electrons. The Morgan fingerprint density at radius 1 is 1.20 bits per heavy atom. The second-order valence-corrected chi connectivity index (χ2v) is 5.74. The maximum atomic E-state index is 5.91. The fraction of sp³-hybridized carbons (Fsp3) is 0.357. The van der Waals surface area contributed by atoms with Crippen molar-refractivity contribution in [2.45, 2.75) is 37.2 Å². The molecule has 0 amide bonds. The van der Waals surface area contributed by atoms with Crippen LogP contribution in [-0.4, -0.2) is 21.6 Å². The topological polar surface area (TPSA) is 47.9 Å². The molecule has 0 radical (unpaired) electrons. The molecule has 0 aliphatic rings. The summed E-state index contributed by atoms with van der Waals surface area (Å²) in [5, 5.41) is 0.698. The molecule has 20 heavy (non-hydrogen) atoms. The molecule has 6 heteroatoms. The smallest absolute Gasteiger partial charge is 0.321 e. The van der Waals surface area contributed by atoms with Gasteiger partial charge in [-0.1, -0.05) is 19.1 Å². The van der Waals surface area contributed by atoms with Gasteiger partial charge in [0, 0.05) is 4.90 Å². The Labute approximate surface area is 128 Å². The van der Waals surface area contributed by atoms with Gasteiger partial charge in [0.25, 0.3) is 0 Å². The SMILES string of the molecule is CCCOc1nc(Cl)nc(Sc2cc(C)ccc2C)n1. The van der Waals surface area contributed by atoms with E-state index in [1.807, 2.05) is 6.92 Å². The summed E-state index contributed by atoms with van der Waals surface area (Å²) >= 11 is 7.37. The second kappa shape index (κ2) is 6.90. The first-order valence-corrected chi connectivity index (χ1v) is 7.57. The van der Waals surface area contributed by atoms with Crippen LogP contribution < -0.4 is 4.74 Å². The molecule has 0 saturated heterocycles. The third kappa shape index (κ3) is 4.08. The average Bonchev–Trinajstić information content (AvgIpc) is 2.40. The van der Waals surface area contributed by atoms with Crippen molar-refractivity contribution in [1.82, 2.24) is 15.0 Å². The molecule has 0 spiro atoms. The lowest BCUT2D eigenvalue weighted by Crippen LogP contribution is -2.02. The number of benzene rings is 1. The molecule has 0 aliphatic heterocycles. The number of nitrogens with zero attached hydrogens (tertiary/aromatic N) is 3. The number of halogens is 1. The number of ether oxygens (including phenoxy) is 1. The van der Waals surface area contributed by atoms with E-state index in [2.05, 4.69) is 47.0 Å². The molecule has 0 saturated carbocycles. The molecular weight excluding hydrogens is 294 g/mol. The quantitative estimate of drug-likeness (QED) is 0.832. The summed E-state index contributed by atoms with van der Waals surface area (Å²) < 4.78 is 5.41. The van der Waals surface area contributed by atoms with Crippen LogP contribution in [0.15, 0.2) is 28.3 Å². The first-order valence-electron chi connectivity index (χ1n) is 6.38. The van der Waals surface area contributed by atoms with Crippen molar-refractivity contribution in [2.24, 2.45) is 0 Å². The fourth-order valence-electron chi connectivity index (χ4n) is 1.53. The maximum Gasteiger partial charge on any atom is 0.321 e. The molecule has 0 N–H and O–H groups in total. The second-order valence-electron chi connectivity index (χ2n) is 4.39. The Morgan fingerprint density at radius 3 is 2.75 bits per heavy atom. The molecule has 1 aromatic heterocycles. The maximum absolute atomic E-state index is 5.91. The standard InChI is InChI=1S/C14H16ClN3OS/c1-4-7-19-13-16-12(15)17-14(18-13)20-11-8-9(2)5-6-10(11)3/h5-6,8H,4,7H2,1-3H3. The van der Waals surface area contributed by atoms with Crippen LogP contribution in [0.1, 0.15) is 24.5 Å². The first-order chi connectivity index (χ1) is 9.58. The van der Waals surface area contributed by atoms with E-state index in [1.165, 1.54) is 22.9 Å². The largest absolute Gasteiger partial charge is 0.463 e. The van der Waals surface area contributed by atoms with Crippen molar-refractivity contribution in [3.63, 3.8) is 0 Å². The van der Waals surface area contributed by atoms with Gasteiger partial charge in [-0.3, -0.25) is 0 Å². The van der Waals surface area contributed by atoms with Gasteiger partial charge in [-0.2, -0.15) is 15.0 Å². The first kappa shape index (κ1) is 15.1. The molecule has 1 heterocycles. The summed E-state index contributed by atoms with van der Waals surface area (Å²) in [7, 11) is 0. The van der Waals surface area contributed by atoms with E-state index in [0.717, 1.165) is 11.3 Å². The molecule has 2 aromatic rings. The zero-order valence-corrected chi connectivity index (χ0v) is 13.3. The molecule has 0 fully saturated rings. The van der Waals surface area contributed by atoms with Crippen molar-refractivity contribution in [2.75, 3.05) is 6.61 Å². The zero-order chi connectivity index (χ0) is 14.5. The normalized spacial score (nSPS) is 10.6. The van der Waals surface area contributed by atoms with Gasteiger partial charge in [-0.15, -0.1) is 0 Å². The van der Waals surface area contributed by atoms with Crippen LogP contribution in [0.2, 0.25) is 5.28 Å². The monoisotopic (exact) mass is 309 g/mol. The van der Waals surface area contributed by atoms with E-state index in [9.17, 15) is 0 Å². The lowest BCUT2D eigenvalue weighted by atomic mass is 10.2. The van der Waals surface area contributed by atoms with E-state index in [1.54, 1.807) is 0 Å². The van der Waals surface area contributed by atoms with E-state index in [0.29, 0.717) is 11.8 Å². The summed E-state index contributed by atoms with van der Waals surface area (Å²) in [5.41, 5.74) is 2.37. The van der Waals surface area contributed by atoms with Gasteiger partial charge in [0.1, 0.15) is 0 Å². The minimum atomic E-state index is 0.152. The lowest BCUT2D eigenvalue weighted by molar-refractivity contribution is 0.288. The number of aromatic nitrogens is 3. The molecule has 0 unspecified atom stereocenters. The Morgan fingerprint density at radius 2 is 2.00 bits per heavy atom. The number of aryl methyl sites for hydroxylation is 2. The van der Waals surface area contributed by atoms with Crippen LogP contribution in [0.3, 0.4) is 0 Å². The third-order valence-corrected chi connectivity index (χ3v) is 3.74. The summed E-state index contributed by atoms with van der Waals surface area (Å²) in [5.74, 6) is 0. The van der Waals surface area contributed by atoms with Crippen molar-refractivity contribution in [3.8, 4) is 6.01 Å². The van der Waals surface area contributed by atoms with Gasteiger partial charge in [-0.25, -0.2) is 0 Å². The Bertz CT molecular complexity index is 607. The van der Waals surface area contributed by atoms with Gasteiger partial charge in [-0.05, 0) is 60.8 Å². The number of hydrogen-bond acceptors (Lipinski definition) is 5. The van der Waals surface area contributed by atoms with E-state index in [-0.39, 0.29) is 11.3 Å². The molecular formula is C14H16ClN3OS. The fourth-order valence-corrected chi connectivity index (χ4v) is 2.66. The van der Waals surface area contributed by atoms with Gasteiger partial charge in [0.15, 0.2) is 5.16 Å². The van der Waals surface area contributed by atoms with Gasteiger partial charge >= 0.3 is 6.01 Å². The lowest BCUT2D eigenvalue weighted by Gasteiger charge is -2.07. The van der Waals surface area contributed by atoms with Crippen LogP contribution in [0.4, 0.5) is 0 Å². The van der Waals surface area contributed by atoms with E-state index in [4.69, 9.17) is 16.3 Å². The van der Waals surface area contributed by atoms with E-state index < -0.39 is 0 Å². The van der Waals surface area contributed by atoms with Crippen LogP contribution in [0.25, 0.3) is 0 Å². The predicted molar refractivity (Wildman–Crippen MR) is 80.7 cm³/mol. The summed E-state index contributed by atoms with van der Waals surface area (Å²) in [6.45, 7) is 6.70.